The number of benzene rings is 1. The molecule has 5 nitrogen and oxygen atoms in total. The van der Waals surface area contributed by atoms with Crippen LogP contribution in [0.15, 0.2) is 18.2 Å². The summed E-state index contributed by atoms with van der Waals surface area (Å²) in [5, 5.41) is 2.85. The lowest BCUT2D eigenvalue weighted by Gasteiger charge is -2.22. The molecule has 0 heterocycles. The number of rotatable bonds is 8. The molecule has 1 amide bonds. The lowest BCUT2D eigenvalue weighted by atomic mass is 10.1. The van der Waals surface area contributed by atoms with Gasteiger partial charge >= 0.3 is 0 Å². The quantitative estimate of drug-likeness (QED) is 0.797. The highest BCUT2D eigenvalue weighted by Crippen LogP contribution is 2.22. The summed E-state index contributed by atoms with van der Waals surface area (Å²) >= 11 is 0. The Labute approximate surface area is 133 Å². The third kappa shape index (κ3) is 6.05. The summed E-state index contributed by atoms with van der Waals surface area (Å²) in [6, 6.07) is 5.95. The number of carbonyl (C=O) groups is 1. The Bertz CT molecular complexity index is 608. The van der Waals surface area contributed by atoms with Crippen LogP contribution < -0.4 is 10.2 Å². The SMILES string of the molecule is CCN(CC)c1ccc(NC(=O)CCCS(C)(=O)=O)c(C)c1. The highest BCUT2D eigenvalue weighted by molar-refractivity contribution is 7.90. The highest BCUT2D eigenvalue weighted by Gasteiger charge is 2.09. The number of aryl methyl sites for hydroxylation is 1. The van der Waals surface area contributed by atoms with Crippen LogP contribution in [-0.2, 0) is 14.6 Å². The number of sulfone groups is 1. The highest BCUT2D eigenvalue weighted by atomic mass is 32.2. The number of nitrogens with one attached hydrogen (secondary N) is 1. The summed E-state index contributed by atoms with van der Waals surface area (Å²) in [5.41, 5.74) is 2.92. The van der Waals surface area contributed by atoms with Crippen LogP contribution >= 0.6 is 0 Å². The maximum atomic E-state index is 11.9. The van der Waals surface area contributed by atoms with Crippen molar-refractivity contribution in [2.24, 2.45) is 0 Å². The van der Waals surface area contributed by atoms with Crippen LogP contribution in [0, 0.1) is 6.92 Å². The van der Waals surface area contributed by atoms with E-state index in [2.05, 4.69) is 30.1 Å². The second-order valence-electron chi connectivity index (χ2n) is 5.45. The maximum absolute atomic E-state index is 11.9. The first-order valence-electron chi connectivity index (χ1n) is 7.60. The van der Waals surface area contributed by atoms with Crippen molar-refractivity contribution in [3.05, 3.63) is 23.8 Å². The van der Waals surface area contributed by atoms with E-state index in [0.29, 0.717) is 6.42 Å². The Morgan fingerprint density at radius 1 is 1.23 bits per heavy atom. The molecule has 0 unspecified atom stereocenters. The fourth-order valence-electron chi connectivity index (χ4n) is 2.28. The van der Waals surface area contributed by atoms with Gasteiger partial charge in [0.05, 0.1) is 5.75 Å². The Balaban J connectivity index is 2.64. The molecule has 22 heavy (non-hydrogen) atoms. The van der Waals surface area contributed by atoms with Crippen molar-refractivity contribution in [2.75, 3.05) is 35.3 Å². The minimum absolute atomic E-state index is 0.0420. The molecular formula is C16H26N2O3S. The number of amides is 1. The summed E-state index contributed by atoms with van der Waals surface area (Å²) in [6.45, 7) is 8.05. The molecule has 1 aromatic carbocycles. The van der Waals surface area contributed by atoms with Crippen molar-refractivity contribution in [3.63, 3.8) is 0 Å². The molecule has 0 bridgehead atoms. The molecule has 0 aliphatic heterocycles. The van der Waals surface area contributed by atoms with Gasteiger partial charge in [-0.1, -0.05) is 0 Å². The Morgan fingerprint density at radius 3 is 2.36 bits per heavy atom. The van der Waals surface area contributed by atoms with Crippen molar-refractivity contribution in [1.82, 2.24) is 0 Å². The average Bonchev–Trinajstić information content (AvgIpc) is 2.41. The van der Waals surface area contributed by atoms with E-state index in [1.165, 1.54) is 6.26 Å². The van der Waals surface area contributed by atoms with E-state index in [9.17, 15) is 13.2 Å². The zero-order valence-corrected chi connectivity index (χ0v) is 14.7. The summed E-state index contributed by atoms with van der Waals surface area (Å²) < 4.78 is 22.1. The average molecular weight is 326 g/mol. The molecule has 0 aliphatic carbocycles. The van der Waals surface area contributed by atoms with Gasteiger partial charge in [-0.2, -0.15) is 0 Å². The minimum Gasteiger partial charge on any atom is -0.372 e. The molecule has 1 rings (SSSR count). The normalized spacial score (nSPS) is 11.3. The van der Waals surface area contributed by atoms with Gasteiger partial charge < -0.3 is 10.2 Å². The predicted octanol–water partition coefficient (Wildman–Crippen LogP) is 2.60. The van der Waals surface area contributed by atoms with Gasteiger partial charge in [0.15, 0.2) is 0 Å². The summed E-state index contributed by atoms with van der Waals surface area (Å²) in [7, 11) is -3.01. The Hall–Kier alpha value is -1.56. The number of hydrogen-bond donors (Lipinski definition) is 1. The van der Waals surface area contributed by atoms with Gasteiger partial charge in [-0.3, -0.25) is 4.79 Å². The zero-order chi connectivity index (χ0) is 16.8. The number of hydrogen-bond acceptors (Lipinski definition) is 4. The fourth-order valence-corrected chi connectivity index (χ4v) is 2.95. The molecule has 0 aliphatic rings. The van der Waals surface area contributed by atoms with Crippen molar-refractivity contribution >= 4 is 27.1 Å². The van der Waals surface area contributed by atoms with Crippen LogP contribution in [0.1, 0.15) is 32.3 Å². The molecule has 0 atom stereocenters. The van der Waals surface area contributed by atoms with Crippen molar-refractivity contribution in [2.45, 2.75) is 33.6 Å². The second kappa shape index (κ2) is 8.17. The Kier molecular flexibility index (Phi) is 6.87. The van der Waals surface area contributed by atoms with Crippen molar-refractivity contribution in [3.8, 4) is 0 Å². The van der Waals surface area contributed by atoms with E-state index >= 15 is 0 Å². The van der Waals surface area contributed by atoms with Crippen molar-refractivity contribution in [1.29, 1.82) is 0 Å². The second-order valence-corrected chi connectivity index (χ2v) is 7.71. The predicted molar refractivity (Wildman–Crippen MR) is 92.3 cm³/mol. The molecular weight excluding hydrogens is 300 g/mol. The topological polar surface area (TPSA) is 66.5 Å². The Morgan fingerprint density at radius 2 is 1.86 bits per heavy atom. The third-order valence-corrected chi connectivity index (χ3v) is 4.56. The molecule has 0 saturated heterocycles. The third-order valence-electron chi connectivity index (χ3n) is 3.53. The largest absolute Gasteiger partial charge is 0.372 e. The molecule has 1 N–H and O–H groups in total. The van der Waals surface area contributed by atoms with E-state index in [-0.39, 0.29) is 18.1 Å². The van der Waals surface area contributed by atoms with Crippen LogP contribution in [0.3, 0.4) is 0 Å². The monoisotopic (exact) mass is 326 g/mol. The van der Waals surface area contributed by atoms with Crippen LogP contribution in [-0.4, -0.2) is 39.4 Å². The lowest BCUT2D eigenvalue weighted by Crippen LogP contribution is -2.22. The van der Waals surface area contributed by atoms with E-state index in [1.807, 2.05) is 19.1 Å². The van der Waals surface area contributed by atoms with Gasteiger partial charge in [-0.15, -0.1) is 0 Å². The molecule has 0 spiro atoms. The lowest BCUT2D eigenvalue weighted by molar-refractivity contribution is -0.116. The number of nitrogens with zero attached hydrogens (tertiary/aromatic N) is 1. The fraction of sp³-hybridized carbons (Fsp3) is 0.562. The van der Waals surface area contributed by atoms with Crippen LogP contribution in [0.25, 0.3) is 0 Å². The molecule has 6 heteroatoms. The maximum Gasteiger partial charge on any atom is 0.224 e. The van der Waals surface area contributed by atoms with Crippen molar-refractivity contribution < 1.29 is 13.2 Å². The van der Waals surface area contributed by atoms with E-state index in [0.717, 1.165) is 30.0 Å². The first-order valence-corrected chi connectivity index (χ1v) is 9.66. The van der Waals surface area contributed by atoms with E-state index in [4.69, 9.17) is 0 Å². The standard InChI is InChI=1S/C16H26N2O3S/c1-5-18(6-2)14-9-10-15(13(3)12-14)17-16(19)8-7-11-22(4,20)21/h9-10,12H,5-8,11H2,1-4H3,(H,17,19). The first kappa shape index (κ1) is 18.5. The number of anilines is 2. The molecule has 0 fully saturated rings. The van der Waals surface area contributed by atoms with Crippen LogP contribution in [0.5, 0.6) is 0 Å². The van der Waals surface area contributed by atoms with Gasteiger partial charge in [0, 0.05) is 37.1 Å². The van der Waals surface area contributed by atoms with E-state index < -0.39 is 9.84 Å². The molecule has 124 valence electrons. The molecule has 1 aromatic rings. The minimum atomic E-state index is -3.01. The molecule has 0 aromatic heterocycles. The zero-order valence-electron chi connectivity index (χ0n) is 13.8. The number of carbonyl (C=O) groups excluding carboxylic acids is 1. The summed E-state index contributed by atoms with van der Waals surface area (Å²) in [5.74, 6) is -0.109. The summed E-state index contributed by atoms with van der Waals surface area (Å²) in [4.78, 5) is 14.1. The van der Waals surface area contributed by atoms with Gasteiger partial charge in [0.2, 0.25) is 5.91 Å². The van der Waals surface area contributed by atoms with Gasteiger partial charge in [0.1, 0.15) is 9.84 Å². The smallest absolute Gasteiger partial charge is 0.224 e. The summed E-state index contributed by atoms with van der Waals surface area (Å²) in [6.07, 6.45) is 1.74. The molecule has 0 saturated carbocycles. The van der Waals surface area contributed by atoms with Crippen LogP contribution in [0.4, 0.5) is 11.4 Å². The first-order chi connectivity index (χ1) is 10.3. The van der Waals surface area contributed by atoms with E-state index in [1.54, 1.807) is 0 Å². The van der Waals surface area contributed by atoms with Crippen LogP contribution in [0.2, 0.25) is 0 Å². The van der Waals surface area contributed by atoms with Gasteiger partial charge in [0.25, 0.3) is 0 Å². The van der Waals surface area contributed by atoms with Gasteiger partial charge in [-0.25, -0.2) is 8.42 Å². The van der Waals surface area contributed by atoms with Gasteiger partial charge in [-0.05, 0) is 51.0 Å². The molecule has 0 radical (unpaired) electrons.